The second-order valence-corrected chi connectivity index (χ2v) is 5.00. The summed E-state index contributed by atoms with van der Waals surface area (Å²) < 4.78 is 10.7. The van der Waals surface area contributed by atoms with Gasteiger partial charge in [-0.3, -0.25) is 4.90 Å². The van der Waals surface area contributed by atoms with Crippen LogP contribution in [0.15, 0.2) is 18.2 Å². The Morgan fingerprint density at radius 3 is 3.11 bits per heavy atom. The van der Waals surface area contributed by atoms with Gasteiger partial charge in [0.25, 0.3) is 0 Å². The maximum atomic E-state index is 8.75. The highest BCUT2D eigenvalue weighted by Gasteiger charge is 2.26. The molecule has 19 heavy (non-hydrogen) atoms. The molecule has 5 heteroatoms. The van der Waals surface area contributed by atoms with Crippen molar-refractivity contribution in [1.29, 1.82) is 5.26 Å². The number of rotatable bonds is 3. The van der Waals surface area contributed by atoms with Crippen LogP contribution >= 0.6 is 0 Å². The monoisotopic (exact) mass is 259 g/mol. The molecule has 100 valence electrons. The Morgan fingerprint density at radius 1 is 1.42 bits per heavy atom. The molecule has 0 bridgehead atoms. The number of benzene rings is 1. The van der Waals surface area contributed by atoms with E-state index in [1.807, 2.05) is 19.2 Å². The Labute approximate surface area is 112 Å². The lowest BCUT2D eigenvalue weighted by Crippen LogP contribution is -2.34. The molecule has 1 aromatic rings. The number of anilines is 1. The summed E-state index contributed by atoms with van der Waals surface area (Å²) in [6, 6.07) is 8.72. The first-order valence-electron chi connectivity index (χ1n) is 6.49. The van der Waals surface area contributed by atoms with Crippen LogP contribution in [0.25, 0.3) is 0 Å². The van der Waals surface area contributed by atoms with Crippen molar-refractivity contribution in [3.05, 3.63) is 18.2 Å². The quantitative estimate of drug-likeness (QED) is 0.769. The van der Waals surface area contributed by atoms with E-state index in [1.165, 1.54) is 0 Å². The Kier molecular flexibility index (Phi) is 3.18. The lowest BCUT2D eigenvalue weighted by molar-refractivity contribution is 0.174. The van der Waals surface area contributed by atoms with Crippen LogP contribution in [0, 0.1) is 11.3 Å². The molecular weight excluding hydrogens is 242 g/mol. The van der Waals surface area contributed by atoms with Gasteiger partial charge in [-0.15, -0.1) is 0 Å². The van der Waals surface area contributed by atoms with Crippen molar-refractivity contribution in [2.75, 3.05) is 38.4 Å². The van der Waals surface area contributed by atoms with Gasteiger partial charge in [0, 0.05) is 30.9 Å². The van der Waals surface area contributed by atoms with Crippen LogP contribution in [-0.4, -0.2) is 44.4 Å². The summed E-state index contributed by atoms with van der Waals surface area (Å²) in [5.41, 5.74) is 1.16. The van der Waals surface area contributed by atoms with Gasteiger partial charge in [0.2, 0.25) is 6.79 Å². The summed E-state index contributed by atoms with van der Waals surface area (Å²) >= 11 is 0. The van der Waals surface area contributed by atoms with Gasteiger partial charge >= 0.3 is 0 Å². The highest BCUT2D eigenvalue weighted by atomic mass is 16.7. The zero-order valence-electron chi connectivity index (χ0n) is 11.0. The van der Waals surface area contributed by atoms with Crippen molar-refractivity contribution < 1.29 is 9.47 Å². The topological polar surface area (TPSA) is 48.7 Å². The minimum absolute atomic E-state index is 0.312. The van der Waals surface area contributed by atoms with Crippen LogP contribution in [0.3, 0.4) is 0 Å². The number of fused-ring (bicyclic) bond motifs is 1. The molecule has 2 aliphatic heterocycles. The lowest BCUT2D eigenvalue weighted by atomic mass is 10.2. The SMILES string of the molecule is CN(CC#N)C1CCN(c2ccc3c(c2)OCO3)C1. The molecule has 2 aliphatic rings. The van der Waals surface area contributed by atoms with Crippen molar-refractivity contribution in [3.63, 3.8) is 0 Å². The second kappa shape index (κ2) is 4.98. The van der Waals surface area contributed by atoms with Gasteiger partial charge in [-0.25, -0.2) is 0 Å². The Bertz CT molecular complexity index is 512. The highest BCUT2D eigenvalue weighted by Crippen LogP contribution is 2.36. The summed E-state index contributed by atoms with van der Waals surface area (Å²) in [6.07, 6.45) is 1.09. The van der Waals surface area contributed by atoms with E-state index in [-0.39, 0.29) is 0 Å². The molecule has 0 saturated carbocycles. The van der Waals surface area contributed by atoms with E-state index in [0.29, 0.717) is 19.4 Å². The molecule has 0 amide bonds. The van der Waals surface area contributed by atoms with E-state index in [9.17, 15) is 0 Å². The lowest BCUT2D eigenvalue weighted by Gasteiger charge is -2.23. The average Bonchev–Trinajstić information content (AvgIpc) is 3.07. The summed E-state index contributed by atoms with van der Waals surface area (Å²) in [5.74, 6) is 1.65. The fourth-order valence-corrected chi connectivity index (χ4v) is 2.66. The molecule has 3 rings (SSSR count). The number of nitriles is 1. The molecule has 1 unspecified atom stereocenters. The molecule has 0 radical (unpaired) electrons. The van der Waals surface area contributed by atoms with Crippen LogP contribution in [0.4, 0.5) is 5.69 Å². The van der Waals surface area contributed by atoms with Gasteiger partial charge in [-0.1, -0.05) is 0 Å². The van der Waals surface area contributed by atoms with Gasteiger partial charge in [0.15, 0.2) is 11.5 Å². The molecule has 1 fully saturated rings. The molecule has 0 spiro atoms. The van der Waals surface area contributed by atoms with Crippen LogP contribution in [0.5, 0.6) is 11.5 Å². The first-order valence-corrected chi connectivity index (χ1v) is 6.49. The van der Waals surface area contributed by atoms with Crippen molar-refractivity contribution in [2.24, 2.45) is 0 Å². The first-order chi connectivity index (χ1) is 9.28. The Balaban J connectivity index is 1.69. The molecule has 0 aliphatic carbocycles. The maximum Gasteiger partial charge on any atom is 0.231 e. The number of hydrogen-bond donors (Lipinski definition) is 0. The first kappa shape index (κ1) is 12.1. The summed E-state index contributed by atoms with van der Waals surface area (Å²) in [5, 5.41) is 8.75. The fraction of sp³-hybridized carbons (Fsp3) is 0.500. The number of likely N-dealkylation sites (N-methyl/N-ethyl adjacent to an activating group) is 1. The third-order valence-electron chi connectivity index (χ3n) is 3.83. The molecule has 1 atom stereocenters. The van der Waals surface area contributed by atoms with E-state index in [4.69, 9.17) is 14.7 Å². The Hall–Kier alpha value is -1.93. The third-order valence-corrected chi connectivity index (χ3v) is 3.83. The summed E-state index contributed by atoms with van der Waals surface area (Å²) in [6.45, 7) is 2.77. The van der Waals surface area contributed by atoms with E-state index in [2.05, 4.69) is 21.9 Å². The largest absolute Gasteiger partial charge is 0.454 e. The zero-order chi connectivity index (χ0) is 13.2. The van der Waals surface area contributed by atoms with Crippen molar-refractivity contribution in [1.82, 2.24) is 4.90 Å². The highest BCUT2D eigenvalue weighted by molar-refractivity contribution is 5.57. The van der Waals surface area contributed by atoms with Gasteiger partial charge in [0.1, 0.15) is 0 Å². The van der Waals surface area contributed by atoms with Crippen LogP contribution in [0.2, 0.25) is 0 Å². The zero-order valence-corrected chi connectivity index (χ0v) is 11.0. The van der Waals surface area contributed by atoms with Crippen LogP contribution in [0.1, 0.15) is 6.42 Å². The second-order valence-electron chi connectivity index (χ2n) is 5.00. The number of hydrogen-bond acceptors (Lipinski definition) is 5. The van der Waals surface area contributed by atoms with Gasteiger partial charge in [0.05, 0.1) is 12.6 Å². The van der Waals surface area contributed by atoms with Gasteiger partial charge in [-0.05, 0) is 25.6 Å². The van der Waals surface area contributed by atoms with Crippen molar-refractivity contribution in [3.8, 4) is 17.6 Å². The van der Waals surface area contributed by atoms with E-state index < -0.39 is 0 Å². The van der Waals surface area contributed by atoms with Gasteiger partial charge in [-0.2, -0.15) is 5.26 Å². The number of nitrogens with zero attached hydrogens (tertiary/aromatic N) is 3. The fourth-order valence-electron chi connectivity index (χ4n) is 2.66. The molecule has 1 aromatic carbocycles. The smallest absolute Gasteiger partial charge is 0.231 e. The van der Waals surface area contributed by atoms with Crippen LogP contribution in [-0.2, 0) is 0 Å². The standard InChI is InChI=1S/C14H17N3O2/c1-16(7-5-15)12-4-6-17(9-12)11-2-3-13-14(8-11)19-10-18-13/h2-3,8,12H,4,6-7,9-10H2,1H3. The molecule has 2 heterocycles. The summed E-state index contributed by atoms with van der Waals surface area (Å²) in [7, 11) is 2.01. The minimum atomic E-state index is 0.312. The normalized spacial score (nSPS) is 20.9. The minimum Gasteiger partial charge on any atom is -0.454 e. The van der Waals surface area contributed by atoms with E-state index in [0.717, 1.165) is 36.7 Å². The molecule has 0 N–H and O–H groups in total. The predicted octanol–water partition coefficient (Wildman–Crippen LogP) is 1.45. The molecular formula is C14H17N3O2. The molecule has 1 saturated heterocycles. The Morgan fingerprint density at radius 2 is 2.26 bits per heavy atom. The van der Waals surface area contributed by atoms with Crippen molar-refractivity contribution in [2.45, 2.75) is 12.5 Å². The maximum absolute atomic E-state index is 8.75. The number of ether oxygens (including phenoxy) is 2. The predicted molar refractivity (Wildman–Crippen MR) is 71.4 cm³/mol. The summed E-state index contributed by atoms with van der Waals surface area (Å²) in [4.78, 5) is 4.45. The van der Waals surface area contributed by atoms with Crippen molar-refractivity contribution >= 4 is 5.69 Å². The third kappa shape index (κ3) is 2.32. The molecule has 5 nitrogen and oxygen atoms in total. The average molecular weight is 259 g/mol. The van der Waals surface area contributed by atoms with E-state index in [1.54, 1.807) is 0 Å². The van der Waals surface area contributed by atoms with E-state index >= 15 is 0 Å². The van der Waals surface area contributed by atoms with Crippen LogP contribution < -0.4 is 14.4 Å². The van der Waals surface area contributed by atoms with Gasteiger partial charge < -0.3 is 14.4 Å². The molecule has 0 aromatic heterocycles.